The van der Waals surface area contributed by atoms with E-state index in [1.165, 1.54) is 0 Å². The molecule has 1 aromatic carbocycles. The van der Waals surface area contributed by atoms with Gasteiger partial charge in [-0.05, 0) is 25.0 Å². The monoisotopic (exact) mass is 300 g/mol. The molecule has 7 nitrogen and oxygen atoms in total. The number of anilines is 1. The molecule has 114 valence electrons. The number of amides is 3. The maximum Gasteiger partial charge on any atom is 0.319 e. The quantitative estimate of drug-likeness (QED) is 0.749. The molecular formula is C15H16N4O3. The van der Waals surface area contributed by atoms with Crippen LogP contribution in [0.5, 0.6) is 0 Å². The number of nitrogens with one attached hydrogen (secondary N) is 2. The van der Waals surface area contributed by atoms with Crippen molar-refractivity contribution in [2.24, 2.45) is 5.73 Å². The normalized spacial score (nSPS) is 19.5. The molecule has 2 aliphatic rings. The molecule has 1 aliphatic carbocycles. The molecule has 1 aromatic heterocycles. The lowest BCUT2D eigenvalue weighted by atomic mass is 9.75. The minimum absolute atomic E-state index is 0.105. The van der Waals surface area contributed by atoms with Crippen LogP contribution < -0.4 is 16.4 Å². The van der Waals surface area contributed by atoms with E-state index < -0.39 is 11.4 Å². The van der Waals surface area contributed by atoms with Crippen molar-refractivity contribution in [3.63, 3.8) is 0 Å². The Hall–Kier alpha value is -2.57. The maximum atomic E-state index is 12.0. The number of benzene rings is 1. The number of fused-ring (bicyclic) bond motifs is 4. The summed E-state index contributed by atoms with van der Waals surface area (Å²) in [5.74, 6) is -0.804. The van der Waals surface area contributed by atoms with Crippen molar-refractivity contribution in [2.75, 3.05) is 5.32 Å². The second kappa shape index (κ2) is 4.46. The first kappa shape index (κ1) is 13.1. The molecule has 0 atom stereocenters. The number of urea groups is 1. The van der Waals surface area contributed by atoms with Gasteiger partial charge >= 0.3 is 11.9 Å². The van der Waals surface area contributed by atoms with Gasteiger partial charge in [-0.3, -0.25) is 4.79 Å². The molecule has 1 saturated carbocycles. The SMILES string of the molecule is NC(=O)c1nc2ccc3c(c2o1)C1(CCCCC1)NC(=O)N3. The van der Waals surface area contributed by atoms with Crippen LogP contribution in [-0.2, 0) is 5.54 Å². The van der Waals surface area contributed by atoms with Gasteiger partial charge in [0.25, 0.3) is 5.89 Å². The molecular weight excluding hydrogens is 284 g/mol. The van der Waals surface area contributed by atoms with Crippen LogP contribution >= 0.6 is 0 Å². The van der Waals surface area contributed by atoms with Crippen molar-refractivity contribution < 1.29 is 14.0 Å². The van der Waals surface area contributed by atoms with Crippen molar-refractivity contribution >= 4 is 28.7 Å². The Balaban J connectivity index is 1.99. The summed E-state index contributed by atoms with van der Waals surface area (Å²) < 4.78 is 5.61. The van der Waals surface area contributed by atoms with Gasteiger partial charge in [-0.1, -0.05) is 19.3 Å². The predicted molar refractivity (Wildman–Crippen MR) is 79.4 cm³/mol. The van der Waals surface area contributed by atoms with Crippen LogP contribution in [0.25, 0.3) is 11.1 Å². The topological polar surface area (TPSA) is 110 Å². The third-order valence-electron chi connectivity index (χ3n) is 4.56. The molecule has 4 rings (SSSR count). The lowest BCUT2D eigenvalue weighted by Crippen LogP contribution is -2.52. The van der Waals surface area contributed by atoms with Crippen molar-refractivity contribution in [3.8, 4) is 0 Å². The second-order valence-electron chi connectivity index (χ2n) is 5.94. The number of nitrogens with zero attached hydrogens (tertiary/aromatic N) is 1. The van der Waals surface area contributed by atoms with Gasteiger partial charge in [0.15, 0.2) is 5.58 Å². The van der Waals surface area contributed by atoms with Crippen LogP contribution in [-0.4, -0.2) is 16.9 Å². The molecule has 22 heavy (non-hydrogen) atoms. The molecule has 7 heteroatoms. The minimum atomic E-state index is -0.699. The van der Waals surface area contributed by atoms with E-state index in [1.54, 1.807) is 12.1 Å². The minimum Gasteiger partial charge on any atom is -0.432 e. The number of hydrogen-bond donors (Lipinski definition) is 3. The van der Waals surface area contributed by atoms with Gasteiger partial charge in [-0.15, -0.1) is 0 Å². The average molecular weight is 300 g/mol. The van der Waals surface area contributed by atoms with Crippen LogP contribution in [0.2, 0.25) is 0 Å². The van der Waals surface area contributed by atoms with E-state index in [2.05, 4.69) is 15.6 Å². The zero-order chi connectivity index (χ0) is 15.3. The fourth-order valence-corrected chi connectivity index (χ4v) is 3.64. The summed E-state index contributed by atoms with van der Waals surface area (Å²) in [7, 11) is 0. The number of carbonyl (C=O) groups excluding carboxylic acids is 2. The molecule has 0 saturated heterocycles. The first-order valence-corrected chi connectivity index (χ1v) is 7.42. The Morgan fingerprint density at radius 3 is 2.77 bits per heavy atom. The summed E-state index contributed by atoms with van der Waals surface area (Å²) in [5, 5.41) is 5.87. The van der Waals surface area contributed by atoms with E-state index in [-0.39, 0.29) is 11.9 Å². The molecule has 0 unspecified atom stereocenters. The predicted octanol–water partition coefficient (Wildman–Crippen LogP) is 2.22. The summed E-state index contributed by atoms with van der Waals surface area (Å²) in [6, 6.07) is 3.33. The number of rotatable bonds is 1. The Labute approximate surface area is 126 Å². The van der Waals surface area contributed by atoms with Crippen molar-refractivity contribution in [1.82, 2.24) is 10.3 Å². The average Bonchev–Trinajstić information content (AvgIpc) is 2.91. The number of oxazole rings is 1. The summed E-state index contributed by atoms with van der Waals surface area (Å²) in [5.41, 5.74) is 7.51. The van der Waals surface area contributed by atoms with Gasteiger partial charge in [0, 0.05) is 5.56 Å². The number of primary amides is 1. The Morgan fingerprint density at radius 1 is 1.27 bits per heavy atom. The summed E-state index contributed by atoms with van der Waals surface area (Å²) in [4.78, 5) is 27.5. The molecule has 1 fully saturated rings. The molecule has 3 amide bonds. The van der Waals surface area contributed by atoms with Crippen molar-refractivity contribution in [1.29, 1.82) is 0 Å². The first-order valence-electron chi connectivity index (χ1n) is 7.42. The van der Waals surface area contributed by atoms with Gasteiger partial charge in [0.2, 0.25) is 0 Å². The largest absolute Gasteiger partial charge is 0.432 e. The molecule has 1 spiro atoms. The molecule has 0 radical (unpaired) electrons. The standard InChI is InChI=1S/C15H16N4O3/c16-12(20)13-17-9-5-4-8-10(11(9)22-13)15(19-14(21)18-8)6-2-1-3-7-15/h4-5H,1-3,6-7H2,(H2,16,20)(H2,18,19,21). The van der Waals surface area contributed by atoms with E-state index in [4.69, 9.17) is 10.2 Å². The van der Waals surface area contributed by atoms with Gasteiger partial charge in [0.05, 0.1) is 11.2 Å². The van der Waals surface area contributed by atoms with E-state index in [0.717, 1.165) is 37.7 Å². The van der Waals surface area contributed by atoms with Crippen LogP contribution in [0, 0.1) is 0 Å². The van der Waals surface area contributed by atoms with E-state index in [9.17, 15) is 9.59 Å². The zero-order valence-electron chi connectivity index (χ0n) is 11.9. The molecule has 2 aromatic rings. The highest BCUT2D eigenvalue weighted by Gasteiger charge is 2.43. The number of aromatic nitrogens is 1. The second-order valence-corrected chi connectivity index (χ2v) is 5.94. The van der Waals surface area contributed by atoms with Gasteiger partial charge in [0.1, 0.15) is 5.52 Å². The lowest BCUT2D eigenvalue weighted by Gasteiger charge is -2.42. The number of carbonyl (C=O) groups is 2. The summed E-state index contributed by atoms with van der Waals surface area (Å²) in [6.07, 6.45) is 4.91. The van der Waals surface area contributed by atoms with E-state index in [1.807, 2.05) is 0 Å². The highest BCUT2D eigenvalue weighted by Crippen LogP contribution is 2.45. The van der Waals surface area contributed by atoms with Gasteiger partial charge in [-0.25, -0.2) is 9.78 Å². The van der Waals surface area contributed by atoms with Crippen LogP contribution in [0.1, 0.15) is 48.4 Å². The van der Waals surface area contributed by atoms with E-state index >= 15 is 0 Å². The summed E-state index contributed by atoms with van der Waals surface area (Å²) in [6.45, 7) is 0. The smallest absolute Gasteiger partial charge is 0.319 e. The highest BCUT2D eigenvalue weighted by molar-refractivity contribution is 5.99. The van der Waals surface area contributed by atoms with Crippen LogP contribution in [0.4, 0.5) is 10.5 Å². The number of nitrogens with two attached hydrogens (primary N) is 1. The first-order chi connectivity index (χ1) is 10.6. The molecule has 4 N–H and O–H groups in total. The fraction of sp³-hybridized carbons (Fsp3) is 0.400. The lowest BCUT2D eigenvalue weighted by molar-refractivity contribution is 0.0969. The Bertz CT molecular complexity index is 789. The molecule has 1 aliphatic heterocycles. The van der Waals surface area contributed by atoms with Gasteiger partial charge in [-0.2, -0.15) is 0 Å². The molecule has 0 bridgehead atoms. The zero-order valence-corrected chi connectivity index (χ0v) is 11.9. The third-order valence-corrected chi connectivity index (χ3v) is 4.56. The van der Waals surface area contributed by atoms with Crippen LogP contribution in [0.15, 0.2) is 16.5 Å². The van der Waals surface area contributed by atoms with Crippen LogP contribution in [0.3, 0.4) is 0 Å². The van der Waals surface area contributed by atoms with Crippen molar-refractivity contribution in [2.45, 2.75) is 37.6 Å². The highest BCUT2D eigenvalue weighted by atomic mass is 16.4. The van der Waals surface area contributed by atoms with Crippen molar-refractivity contribution in [3.05, 3.63) is 23.6 Å². The third kappa shape index (κ3) is 1.78. The Kier molecular flexibility index (Phi) is 2.66. The molecule has 2 heterocycles. The number of hydrogen-bond acceptors (Lipinski definition) is 4. The maximum absolute atomic E-state index is 12.0. The summed E-state index contributed by atoms with van der Waals surface area (Å²) >= 11 is 0. The fourth-order valence-electron chi connectivity index (χ4n) is 3.64. The van der Waals surface area contributed by atoms with E-state index in [0.29, 0.717) is 16.8 Å². The van der Waals surface area contributed by atoms with Gasteiger partial charge < -0.3 is 20.8 Å². The Morgan fingerprint density at radius 2 is 2.05 bits per heavy atom.